The van der Waals surface area contributed by atoms with Crippen LogP contribution in [-0.2, 0) is 14.6 Å². The van der Waals surface area contributed by atoms with Gasteiger partial charge in [-0.15, -0.1) is 0 Å². The zero-order chi connectivity index (χ0) is 17.3. The fraction of sp³-hybridized carbons (Fsp3) is 0.500. The minimum atomic E-state index is -3.43. The molecule has 1 saturated carbocycles. The summed E-state index contributed by atoms with van der Waals surface area (Å²) in [5.74, 6) is -1.48. The third-order valence-electron chi connectivity index (χ3n) is 4.53. The van der Waals surface area contributed by atoms with Gasteiger partial charge in [-0.25, -0.2) is 13.2 Å². The van der Waals surface area contributed by atoms with Gasteiger partial charge >= 0.3 is 5.97 Å². The number of carbonyl (C=O) groups is 2. The molecule has 0 aromatic heterocycles. The van der Waals surface area contributed by atoms with E-state index in [0.717, 1.165) is 25.5 Å². The molecule has 0 unspecified atom stereocenters. The van der Waals surface area contributed by atoms with Crippen LogP contribution in [0.5, 0.6) is 0 Å². The number of aliphatic carboxylic acids is 1. The first kappa shape index (κ1) is 17.5. The van der Waals surface area contributed by atoms with Crippen molar-refractivity contribution in [2.45, 2.75) is 42.5 Å². The Morgan fingerprint density at radius 3 is 2.30 bits per heavy atom. The normalized spacial score (nSPS) is 17.5. The molecular formula is C16H21NO5S. The van der Waals surface area contributed by atoms with Crippen LogP contribution in [0.25, 0.3) is 0 Å². The summed E-state index contributed by atoms with van der Waals surface area (Å²) in [6.07, 6.45) is 4.37. The lowest BCUT2D eigenvalue weighted by atomic mass is 9.80. The molecule has 0 aliphatic heterocycles. The van der Waals surface area contributed by atoms with Crippen LogP contribution in [-0.4, -0.2) is 49.1 Å². The van der Waals surface area contributed by atoms with E-state index < -0.39 is 27.3 Å². The van der Waals surface area contributed by atoms with Gasteiger partial charge in [0.2, 0.25) is 0 Å². The lowest BCUT2D eigenvalue weighted by Gasteiger charge is -2.41. The molecule has 0 bridgehead atoms. The Labute approximate surface area is 136 Å². The molecular weight excluding hydrogens is 318 g/mol. The van der Waals surface area contributed by atoms with Crippen molar-refractivity contribution >= 4 is 21.7 Å². The Balaban J connectivity index is 2.37. The largest absolute Gasteiger partial charge is 0.479 e. The maximum atomic E-state index is 12.7. The van der Waals surface area contributed by atoms with Gasteiger partial charge in [-0.2, -0.15) is 0 Å². The number of carbonyl (C=O) groups excluding carboxylic acids is 1. The van der Waals surface area contributed by atoms with Crippen molar-refractivity contribution in [3.63, 3.8) is 0 Å². The third-order valence-corrected chi connectivity index (χ3v) is 5.64. The van der Waals surface area contributed by atoms with Crippen molar-refractivity contribution in [2.24, 2.45) is 0 Å². The van der Waals surface area contributed by atoms with Crippen molar-refractivity contribution in [3.8, 4) is 0 Å². The number of carboxylic acid groups (broad SMARTS) is 1. The number of hydrogen-bond acceptors (Lipinski definition) is 4. The van der Waals surface area contributed by atoms with Crippen LogP contribution in [0, 0.1) is 0 Å². The van der Waals surface area contributed by atoms with Gasteiger partial charge in [0.15, 0.2) is 9.84 Å². The highest BCUT2D eigenvalue weighted by Gasteiger charge is 2.45. The molecule has 0 atom stereocenters. The Hall–Kier alpha value is -1.89. The molecule has 1 N–H and O–H groups in total. The Kier molecular flexibility index (Phi) is 4.79. The average Bonchev–Trinajstić information content (AvgIpc) is 2.53. The fourth-order valence-corrected chi connectivity index (χ4v) is 3.74. The zero-order valence-electron chi connectivity index (χ0n) is 13.3. The summed E-state index contributed by atoms with van der Waals surface area (Å²) >= 11 is 0. The maximum absolute atomic E-state index is 12.7. The van der Waals surface area contributed by atoms with Crippen LogP contribution in [0.2, 0.25) is 0 Å². The maximum Gasteiger partial charge on any atom is 0.329 e. The molecule has 0 saturated heterocycles. The summed E-state index contributed by atoms with van der Waals surface area (Å²) in [7, 11) is -1.95. The van der Waals surface area contributed by atoms with Gasteiger partial charge < -0.3 is 10.0 Å². The average molecular weight is 339 g/mol. The lowest BCUT2D eigenvalue weighted by molar-refractivity contribution is -0.151. The van der Waals surface area contributed by atoms with Gasteiger partial charge in [-0.1, -0.05) is 25.3 Å². The topological polar surface area (TPSA) is 91.8 Å². The van der Waals surface area contributed by atoms with E-state index in [-0.39, 0.29) is 10.5 Å². The van der Waals surface area contributed by atoms with Crippen LogP contribution in [0.3, 0.4) is 0 Å². The summed E-state index contributed by atoms with van der Waals surface area (Å²) < 4.78 is 23.3. The number of amides is 1. The van der Waals surface area contributed by atoms with Crippen molar-refractivity contribution < 1.29 is 23.1 Å². The third kappa shape index (κ3) is 3.39. The number of hydrogen-bond donors (Lipinski definition) is 1. The summed E-state index contributed by atoms with van der Waals surface area (Å²) in [6.45, 7) is 0. The summed E-state index contributed by atoms with van der Waals surface area (Å²) in [4.78, 5) is 25.8. The zero-order valence-corrected chi connectivity index (χ0v) is 14.1. The van der Waals surface area contributed by atoms with E-state index >= 15 is 0 Å². The number of carboxylic acids is 1. The smallest absolute Gasteiger partial charge is 0.329 e. The van der Waals surface area contributed by atoms with Gasteiger partial charge in [0.1, 0.15) is 5.54 Å². The first-order valence-electron chi connectivity index (χ1n) is 7.50. The van der Waals surface area contributed by atoms with Crippen LogP contribution < -0.4 is 0 Å². The highest BCUT2D eigenvalue weighted by atomic mass is 32.2. The fourth-order valence-electron chi connectivity index (χ4n) is 3.08. The number of benzene rings is 1. The first-order chi connectivity index (χ1) is 10.7. The number of likely N-dealkylation sites (N-methyl/N-ethyl adjacent to an activating group) is 1. The minimum absolute atomic E-state index is 0.0461. The van der Waals surface area contributed by atoms with Gasteiger partial charge in [-0.05, 0) is 31.0 Å². The highest BCUT2D eigenvalue weighted by molar-refractivity contribution is 7.90. The monoisotopic (exact) mass is 339 g/mol. The molecule has 1 aliphatic rings. The molecule has 0 radical (unpaired) electrons. The van der Waals surface area contributed by atoms with Crippen LogP contribution >= 0.6 is 0 Å². The van der Waals surface area contributed by atoms with Gasteiger partial charge in [0.25, 0.3) is 5.91 Å². The second kappa shape index (κ2) is 6.31. The highest BCUT2D eigenvalue weighted by Crippen LogP contribution is 2.34. The second-order valence-corrected chi connectivity index (χ2v) is 8.08. The van der Waals surface area contributed by atoms with Crippen LogP contribution in [0.1, 0.15) is 42.5 Å². The van der Waals surface area contributed by atoms with Crippen molar-refractivity contribution in [3.05, 3.63) is 29.8 Å². The lowest BCUT2D eigenvalue weighted by Crippen LogP contribution is -2.56. The Bertz CT molecular complexity index is 720. The minimum Gasteiger partial charge on any atom is -0.479 e. The summed E-state index contributed by atoms with van der Waals surface area (Å²) in [5, 5.41) is 9.65. The molecule has 1 fully saturated rings. The van der Waals surface area contributed by atoms with E-state index in [1.807, 2.05) is 0 Å². The Morgan fingerprint density at radius 1 is 1.17 bits per heavy atom. The first-order valence-corrected chi connectivity index (χ1v) is 9.39. The molecule has 1 aromatic rings. The van der Waals surface area contributed by atoms with E-state index in [2.05, 4.69) is 0 Å². The standard InChI is InChI=1S/C16H21NO5S/c1-17(16(15(19)20)9-4-3-5-10-16)14(18)12-7-6-8-13(11-12)23(2,21)22/h6-8,11H,3-5,9-10H2,1-2H3,(H,19,20). The number of nitrogens with zero attached hydrogens (tertiary/aromatic N) is 1. The molecule has 1 amide bonds. The molecule has 6 nitrogen and oxygen atoms in total. The second-order valence-electron chi connectivity index (χ2n) is 6.06. The van der Waals surface area contributed by atoms with Crippen molar-refractivity contribution in [1.82, 2.24) is 4.90 Å². The molecule has 23 heavy (non-hydrogen) atoms. The predicted octanol–water partition coefficient (Wildman–Crippen LogP) is 1.95. The van der Waals surface area contributed by atoms with Crippen molar-refractivity contribution in [2.75, 3.05) is 13.3 Å². The number of sulfone groups is 1. The number of rotatable bonds is 4. The molecule has 2 rings (SSSR count). The summed E-state index contributed by atoms with van der Waals surface area (Å²) in [5.41, 5.74) is -1.03. The SMILES string of the molecule is CN(C(=O)c1cccc(S(C)(=O)=O)c1)C1(C(=O)O)CCCCC1. The molecule has 1 aromatic carbocycles. The van der Waals surface area contributed by atoms with E-state index in [9.17, 15) is 23.1 Å². The molecule has 126 valence electrons. The van der Waals surface area contributed by atoms with Gasteiger partial charge in [-0.3, -0.25) is 4.79 Å². The van der Waals surface area contributed by atoms with E-state index in [4.69, 9.17) is 0 Å². The van der Waals surface area contributed by atoms with Crippen LogP contribution in [0.15, 0.2) is 29.2 Å². The van der Waals surface area contributed by atoms with E-state index in [1.54, 1.807) is 0 Å². The van der Waals surface area contributed by atoms with Gasteiger partial charge in [0.05, 0.1) is 4.90 Å². The summed E-state index contributed by atoms with van der Waals surface area (Å²) in [6, 6.07) is 5.71. The van der Waals surface area contributed by atoms with E-state index in [1.165, 1.54) is 36.2 Å². The predicted molar refractivity (Wildman–Crippen MR) is 85.1 cm³/mol. The van der Waals surface area contributed by atoms with Crippen molar-refractivity contribution in [1.29, 1.82) is 0 Å². The van der Waals surface area contributed by atoms with Crippen LogP contribution in [0.4, 0.5) is 0 Å². The Morgan fingerprint density at radius 2 is 1.78 bits per heavy atom. The molecule has 1 aliphatic carbocycles. The van der Waals surface area contributed by atoms with Gasteiger partial charge in [0, 0.05) is 18.9 Å². The van der Waals surface area contributed by atoms with E-state index in [0.29, 0.717) is 12.8 Å². The molecule has 0 heterocycles. The quantitative estimate of drug-likeness (QED) is 0.905. The molecule has 7 heteroatoms. The molecule has 0 spiro atoms.